The van der Waals surface area contributed by atoms with Crippen molar-refractivity contribution >= 4 is 16.3 Å². The molecule has 0 spiro atoms. The van der Waals surface area contributed by atoms with Gasteiger partial charge in [-0.1, -0.05) is 4.21 Å². The van der Waals surface area contributed by atoms with E-state index in [0.29, 0.717) is 48.0 Å². The molecule has 4 rings (SSSR count). The van der Waals surface area contributed by atoms with Gasteiger partial charge in [-0.15, -0.1) is 0 Å². The molecule has 32 heavy (non-hydrogen) atoms. The molecule has 1 aromatic carbocycles. The number of carbonyl (C=O) groups is 1. The van der Waals surface area contributed by atoms with Crippen molar-refractivity contribution in [2.75, 3.05) is 26.0 Å². The molecule has 0 bridgehead atoms. The smallest absolute Gasteiger partial charge is 0.410 e. The summed E-state index contributed by atoms with van der Waals surface area (Å²) in [5, 5.41) is 0. The number of benzene rings is 1. The maximum absolute atomic E-state index is 12.3. The number of ether oxygens (including phenoxy) is 2. The first-order chi connectivity index (χ1) is 15.3. The van der Waals surface area contributed by atoms with Gasteiger partial charge in [-0.05, 0) is 68.7 Å². The molecule has 2 aliphatic rings. The summed E-state index contributed by atoms with van der Waals surface area (Å²) in [5.41, 5.74) is 1.48. The van der Waals surface area contributed by atoms with Crippen LogP contribution in [0.5, 0.6) is 5.88 Å². The summed E-state index contributed by atoms with van der Waals surface area (Å²) in [6.45, 7) is 3.88. The average molecular weight is 461 g/mol. The van der Waals surface area contributed by atoms with Gasteiger partial charge in [0.2, 0.25) is 16.1 Å². The highest BCUT2D eigenvalue weighted by atomic mass is 32.3. The van der Waals surface area contributed by atoms with Crippen LogP contribution in [0.2, 0.25) is 0 Å². The normalized spacial score (nSPS) is 19.8. The van der Waals surface area contributed by atoms with Gasteiger partial charge in [-0.2, -0.15) is 4.55 Å². The van der Waals surface area contributed by atoms with Crippen molar-refractivity contribution in [3.63, 3.8) is 0 Å². The zero-order valence-corrected chi connectivity index (χ0v) is 19.3. The predicted octanol–water partition coefficient (Wildman–Crippen LogP) is 4.13. The number of hydrogen-bond donors (Lipinski definition) is 1. The van der Waals surface area contributed by atoms with Crippen LogP contribution in [0.3, 0.4) is 0 Å². The molecule has 2 heterocycles. The second-order valence-electron chi connectivity index (χ2n) is 8.73. The van der Waals surface area contributed by atoms with Crippen molar-refractivity contribution in [2.45, 2.75) is 43.6 Å². The molecule has 1 aliphatic heterocycles. The third-order valence-corrected chi connectivity index (χ3v) is 7.27. The first-order valence-corrected chi connectivity index (χ1v) is 12.9. The molecule has 2 atom stereocenters. The Balaban J connectivity index is 1.22. The summed E-state index contributed by atoms with van der Waals surface area (Å²) < 4.78 is 32.7. The number of likely N-dealkylation sites (tertiary alicyclic amines) is 1. The van der Waals surface area contributed by atoms with E-state index < -0.39 is 10.2 Å². The summed E-state index contributed by atoms with van der Waals surface area (Å²) in [6.07, 6.45) is 8.40. The molecular formula is C23H30N3O5S+. The maximum atomic E-state index is 12.3. The van der Waals surface area contributed by atoms with Gasteiger partial charge >= 0.3 is 6.09 Å². The number of nitrogens with zero attached hydrogens (tertiary/aromatic N) is 3. The summed E-state index contributed by atoms with van der Waals surface area (Å²) in [5.74, 6) is 1.36. The first kappa shape index (κ1) is 22.7. The largest absolute Gasteiger partial charge is 0.476 e. The van der Waals surface area contributed by atoms with Crippen LogP contribution >= 0.6 is 0 Å². The molecule has 1 amide bonds. The molecule has 2 unspecified atom stereocenters. The van der Waals surface area contributed by atoms with Gasteiger partial charge in [0.05, 0.1) is 24.7 Å². The Labute approximate surface area is 189 Å². The molecule has 1 N–H and O–H groups in total. The Kier molecular flexibility index (Phi) is 6.76. The number of amides is 1. The third-order valence-electron chi connectivity index (χ3n) is 6.13. The number of rotatable bonds is 7. The summed E-state index contributed by atoms with van der Waals surface area (Å²) in [6, 6.07) is 6.75. The van der Waals surface area contributed by atoms with Gasteiger partial charge < -0.3 is 14.4 Å². The van der Waals surface area contributed by atoms with Gasteiger partial charge in [-0.3, -0.25) is 0 Å². The fourth-order valence-corrected chi connectivity index (χ4v) is 4.44. The number of carbonyl (C=O) groups excluding carboxylic acids is 1. The fraction of sp³-hybridized carbons (Fsp3) is 0.522. The lowest BCUT2D eigenvalue weighted by atomic mass is 9.98. The van der Waals surface area contributed by atoms with Crippen LogP contribution in [0, 0.1) is 11.8 Å². The number of hydrogen-bond acceptors (Lipinski definition) is 6. The minimum absolute atomic E-state index is 0.0192. The molecule has 0 radical (unpaired) electrons. The fourth-order valence-electron chi connectivity index (χ4n) is 3.80. The van der Waals surface area contributed by atoms with Crippen LogP contribution in [0.15, 0.2) is 41.6 Å². The van der Waals surface area contributed by atoms with E-state index in [4.69, 9.17) is 9.47 Å². The molecule has 1 saturated heterocycles. The molecule has 1 saturated carbocycles. The van der Waals surface area contributed by atoms with Crippen LogP contribution in [0.4, 0.5) is 4.79 Å². The predicted molar refractivity (Wildman–Crippen MR) is 121 cm³/mol. The van der Waals surface area contributed by atoms with Crippen molar-refractivity contribution in [3.05, 3.63) is 36.7 Å². The van der Waals surface area contributed by atoms with E-state index in [2.05, 4.69) is 9.97 Å². The van der Waals surface area contributed by atoms with E-state index in [0.717, 1.165) is 31.2 Å². The molecule has 2 fully saturated rings. The Bertz CT molecular complexity index is 964. The van der Waals surface area contributed by atoms with E-state index in [1.807, 2.05) is 6.92 Å². The average Bonchev–Trinajstić information content (AvgIpc) is 3.63. The standard InChI is InChI=1S/C23H29N3O5S/c1-16(18-3-4-18)31-23(27)26-11-9-17(10-12-26)15-30-22-14-24-21(13-25-22)19-5-7-20(8-6-19)32(2,28)29/h5-8,13-14,16-18H,3-4,9-12,15H2,1-2H3/p+1. The van der Waals surface area contributed by atoms with Crippen LogP contribution in [0.1, 0.15) is 32.6 Å². The van der Waals surface area contributed by atoms with E-state index in [-0.39, 0.29) is 12.2 Å². The Morgan fingerprint density at radius 2 is 1.84 bits per heavy atom. The zero-order chi connectivity index (χ0) is 22.7. The summed E-state index contributed by atoms with van der Waals surface area (Å²) in [7, 11) is -2.98. The Morgan fingerprint density at radius 1 is 1.16 bits per heavy atom. The van der Waals surface area contributed by atoms with Crippen LogP contribution in [0.25, 0.3) is 11.3 Å². The monoisotopic (exact) mass is 460 g/mol. The van der Waals surface area contributed by atoms with Gasteiger partial charge in [0.1, 0.15) is 12.4 Å². The third kappa shape index (κ3) is 5.83. The lowest BCUT2D eigenvalue weighted by Crippen LogP contribution is -2.41. The number of aromatic nitrogens is 2. The molecule has 172 valence electrons. The van der Waals surface area contributed by atoms with Crippen molar-refractivity contribution in [1.82, 2.24) is 14.9 Å². The highest BCUT2D eigenvalue weighted by molar-refractivity contribution is 7.97. The topological polar surface area (TPSA) is 102 Å². The molecule has 1 aromatic heterocycles. The molecular weight excluding hydrogens is 430 g/mol. The van der Waals surface area contributed by atoms with Crippen LogP contribution < -0.4 is 4.74 Å². The van der Waals surface area contributed by atoms with Crippen molar-refractivity contribution in [2.24, 2.45) is 11.8 Å². The van der Waals surface area contributed by atoms with Crippen molar-refractivity contribution in [1.29, 1.82) is 0 Å². The van der Waals surface area contributed by atoms with Crippen LogP contribution in [-0.2, 0) is 19.2 Å². The second kappa shape index (κ2) is 9.54. The quantitative estimate of drug-likeness (QED) is 0.620. The maximum Gasteiger partial charge on any atom is 0.410 e. The summed E-state index contributed by atoms with van der Waals surface area (Å²) in [4.78, 5) is 23.2. The molecule has 8 nitrogen and oxygen atoms in total. The molecule has 1 aliphatic carbocycles. The van der Waals surface area contributed by atoms with Crippen molar-refractivity contribution in [3.8, 4) is 17.1 Å². The van der Waals surface area contributed by atoms with E-state index in [1.165, 1.54) is 6.26 Å². The van der Waals surface area contributed by atoms with Gasteiger partial charge in [0.15, 0.2) is 4.90 Å². The van der Waals surface area contributed by atoms with Gasteiger partial charge in [-0.25, -0.2) is 14.8 Å². The lowest BCUT2D eigenvalue weighted by Gasteiger charge is -2.31. The van der Waals surface area contributed by atoms with Gasteiger partial charge in [0.25, 0.3) is 0 Å². The molecule has 9 heteroatoms. The minimum atomic E-state index is -2.98. The van der Waals surface area contributed by atoms with E-state index >= 15 is 0 Å². The second-order valence-corrected chi connectivity index (χ2v) is 10.8. The van der Waals surface area contributed by atoms with Crippen LogP contribution in [-0.4, -0.2) is 57.6 Å². The zero-order valence-electron chi connectivity index (χ0n) is 18.5. The molecule has 2 aromatic rings. The first-order valence-electron chi connectivity index (χ1n) is 11.0. The SMILES string of the molecule is CC(OC(=O)N1CCC(COc2cnc(-c3ccc([S+](C)(=O)O)cc3)cn2)CC1)C1CC1. The number of piperidine rings is 1. The van der Waals surface area contributed by atoms with Crippen molar-refractivity contribution < 1.29 is 23.0 Å². The van der Waals surface area contributed by atoms with Gasteiger partial charge in [0, 0.05) is 18.7 Å². The van der Waals surface area contributed by atoms with E-state index in [9.17, 15) is 13.6 Å². The Hall–Kier alpha value is -2.52. The Morgan fingerprint density at radius 3 is 2.41 bits per heavy atom. The highest BCUT2D eigenvalue weighted by Crippen LogP contribution is 2.34. The highest BCUT2D eigenvalue weighted by Gasteiger charge is 2.32. The van der Waals surface area contributed by atoms with E-state index in [1.54, 1.807) is 41.6 Å². The minimum Gasteiger partial charge on any atom is -0.476 e. The lowest BCUT2D eigenvalue weighted by molar-refractivity contribution is 0.0478. The summed E-state index contributed by atoms with van der Waals surface area (Å²) >= 11 is 0.